The molecule has 3 aromatic carbocycles. The van der Waals surface area contributed by atoms with Crippen molar-refractivity contribution in [3.63, 3.8) is 0 Å². The summed E-state index contributed by atoms with van der Waals surface area (Å²) in [6, 6.07) is 20.1. The molecule has 1 aliphatic rings. The lowest BCUT2D eigenvalue weighted by molar-refractivity contribution is 0.101. The first-order chi connectivity index (χ1) is 14.9. The van der Waals surface area contributed by atoms with E-state index in [-0.39, 0.29) is 16.6 Å². The average molecular weight is 435 g/mol. The van der Waals surface area contributed by atoms with Gasteiger partial charge in [0, 0.05) is 23.4 Å². The molecule has 0 aliphatic carbocycles. The van der Waals surface area contributed by atoms with Gasteiger partial charge in [-0.15, -0.1) is 0 Å². The summed E-state index contributed by atoms with van der Waals surface area (Å²) in [7, 11) is -3.73. The number of fused-ring (bicyclic) bond motifs is 1. The molecule has 0 aromatic heterocycles. The van der Waals surface area contributed by atoms with Crippen LogP contribution in [0, 0.1) is 0 Å². The highest BCUT2D eigenvalue weighted by atomic mass is 32.2. The summed E-state index contributed by atoms with van der Waals surface area (Å²) in [6.45, 7) is 1.88. The Kier molecular flexibility index (Phi) is 5.61. The second-order valence-corrected chi connectivity index (χ2v) is 9.29. The molecular weight excluding hydrogens is 412 g/mol. The number of Topliss-reactive ketones (excluding diaryl/α,β-unsaturated/α-hetero) is 1. The van der Waals surface area contributed by atoms with Crippen LogP contribution in [0.15, 0.2) is 77.7 Å². The first-order valence-electron chi connectivity index (χ1n) is 9.99. The molecule has 0 unspecified atom stereocenters. The monoisotopic (exact) mass is 434 g/mol. The Morgan fingerprint density at radius 2 is 1.65 bits per heavy atom. The molecule has 4 rings (SSSR count). The number of hydrogen-bond donors (Lipinski definition) is 1. The number of hydrogen-bond acceptors (Lipinski definition) is 4. The zero-order valence-electron chi connectivity index (χ0n) is 17.0. The van der Waals surface area contributed by atoms with Gasteiger partial charge in [-0.05, 0) is 67.8 Å². The molecule has 0 saturated carbocycles. The summed E-state index contributed by atoms with van der Waals surface area (Å²) < 4.78 is 27.9. The van der Waals surface area contributed by atoms with Crippen molar-refractivity contribution in [3.05, 3.63) is 89.5 Å². The predicted molar refractivity (Wildman–Crippen MR) is 120 cm³/mol. The Labute approximate surface area is 181 Å². The average Bonchev–Trinajstić information content (AvgIpc) is 2.79. The number of nitrogens with one attached hydrogen (secondary N) is 1. The van der Waals surface area contributed by atoms with Crippen LogP contribution in [0.3, 0.4) is 0 Å². The standard InChI is InChI=1S/C24H22N2O4S/c1-17(27)20-7-4-9-21(16-20)25-24(28)19-11-13-22(14-12-19)31(29,30)26-15-5-8-18-6-2-3-10-23(18)26/h2-4,6-7,9-14,16H,5,8,15H2,1H3,(H,25,28). The third kappa shape index (κ3) is 4.22. The van der Waals surface area contributed by atoms with Crippen molar-refractivity contribution in [2.24, 2.45) is 0 Å². The van der Waals surface area contributed by atoms with E-state index in [1.807, 2.05) is 24.3 Å². The van der Waals surface area contributed by atoms with Crippen LogP contribution >= 0.6 is 0 Å². The fraction of sp³-hybridized carbons (Fsp3) is 0.167. The molecule has 1 heterocycles. The van der Waals surface area contributed by atoms with Crippen LogP contribution in [0.5, 0.6) is 0 Å². The van der Waals surface area contributed by atoms with Crippen LogP contribution in [-0.4, -0.2) is 26.7 Å². The molecule has 1 amide bonds. The number of carbonyl (C=O) groups is 2. The first-order valence-corrected chi connectivity index (χ1v) is 11.4. The van der Waals surface area contributed by atoms with E-state index in [0.717, 1.165) is 18.4 Å². The lowest BCUT2D eigenvalue weighted by atomic mass is 10.0. The van der Waals surface area contributed by atoms with Crippen LogP contribution in [0.1, 0.15) is 39.6 Å². The summed E-state index contributed by atoms with van der Waals surface area (Å²) in [5.74, 6) is -0.474. The van der Waals surface area contributed by atoms with Crippen LogP contribution in [-0.2, 0) is 16.4 Å². The topological polar surface area (TPSA) is 83.5 Å². The van der Waals surface area contributed by atoms with Gasteiger partial charge in [-0.3, -0.25) is 13.9 Å². The van der Waals surface area contributed by atoms with Gasteiger partial charge in [0.25, 0.3) is 15.9 Å². The molecule has 6 nitrogen and oxygen atoms in total. The van der Waals surface area contributed by atoms with Gasteiger partial charge in [-0.25, -0.2) is 8.42 Å². The Bertz CT molecular complexity index is 1250. The van der Waals surface area contributed by atoms with Gasteiger partial charge in [0.2, 0.25) is 0 Å². The third-order valence-corrected chi connectivity index (χ3v) is 7.13. The van der Waals surface area contributed by atoms with Crippen molar-refractivity contribution < 1.29 is 18.0 Å². The molecule has 0 fully saturated rings. The molecule has 1 N–H and O–H groups in total. The summed E-state index contributed by atoms with van der Waals surface area (Å²) in [4.78, 5) is 24.2. The van der Waals surface area contributed by atoms with Crippen molar-refractivity contribution in [2.75, 3.05) is 16.2 Å². The number of nitrogens with zero attached hydrogens (tertiary/aromatic N) is 1. The van der Waals surface area contributed by atoms with Gasteiger partial charge < -0.3 is 5.32 Å². The summed E-state index contributed by atoms with van der Waals surface area (Å²) in [5.41, 5.74) is 3.05. The van der Waals surface area contributed by atoms with Crippen molar-refractivity contribution in [1.82, 2.24) is 0 Å². The molecule has 0 spiro atoms. The Hall–Kier alpha value is -3.45. The van der Waals surface area contributed by atoms with Crippen molar-refractivity contribution in [1.29, 1.82) is 0 Å². The van der Waals surface area contributed by atoms with E-state index >= 15 is 0 Å². The first kappa shape index (κ1) is 20.8. The quantitative estimate of drug-likeness (QED) is 0.608. The van der Waals surface area contributed by atoms with E-state index < -0.39 is 10.0 Å². The number of carbonyl (C=O) groups excluding carboxylic acids is 2. The van der Waals surface area contributed by atoms with Crippen molar-refractivity contribution >= 4 is 33.1 Å². The van der Waals surface area contributed by atoms with E-state index in [2.05, 4.69) is 5.32 Å². The van der Waals surface area contributed by atoms with Gasteiger partial charge >= 0.3 is 0 Å². The largest absolute Gasteiger partial charge is 0.322 e. The van der Waals surface area contributed by atoms with Crippen LogP contribution in [0.25, 0.3) is 0 Å². The maximum Gasteiger partial charge on any atom is 0.264 e. The minimum absolute atomic E-state index is 0.0926. The van der Waals surface area contributed by atoms with Crippen molar-refractivity contribution in [3.8, 4) is 0 Å². The van der Waals surface area contributed by atoms with Crippen LogP contribution < -0.4 is 9.62 Å². The zero-order valence-corrected chi connectivity index (χ0v) is 17.9. The Balaban J connectivity index is 1.55. The summed E-state index contributed by atoms with van der Waals surface area (Å²) in [5, 5.41) is 2.74. The molecule has 0 saturated heterocycles. The van der Waals surface area contributed by atoms with E-state index in [1.54, 1.807) is 24.3 Å². The number of amides is 1. The lowest BCUT2D eigenvalue weighted by Crippen LogP contribution is -2.35. The minimum atomic E-state index is -3.73. The van der Waals surface area contributed by atoms with Crippen LogP contribution in [0.4, 0.5) is 11.4 Å². The number of anilines is 2. The Morgan fingerprint density at radius 3 is 2.39 bits per heavy atom. The molecule has 3 aromatic rings. The number of ketones is 1. The van der Waals surface area contributed by atoms with Gasteiger partial charge in [0.05, 0.1) is 10.6 Å². The Morgan fingerprint density at radius 1 is 0.903 bits per heavy atom. The van der Waals surface area contributed by atoms with Crippen molar-refractivity contribution in [2.45, 2.75) is 24.7 Å². The second kappa shape index (κ2) is 8.35. The number of para-hydroxylation sites is 1. The van der Waals surface area contributed by atoms with Gasteiger partial charge in [0.1, 0.15) is 0 Å². The maximum absolute atomic E-state index is 13.2. The second-order valence-electron chi connectivity index (χ2n) is 7.42. The van der Waals surface area contributed by atoms with E-state index in [0.29, 0.717) is 29.0 Å². The van der Waals surface area contributed by atoms with Gasteiger partial charge in [0.15, 0.2) is 5.78 Å². The van der Waals surface area contributed by atoms with Gasteiger partial charge in [-0.1, -0.05) is 30.3 Å². The number of aryl methyl sites for hydroxylation is 1. The van der Waals surface area contributed by atoms with E-state index in [1.165, 1.54) is 35.5 Å². The van der Waals surface area contributed by atoms with Gasteiger partial charge in [-0.2, -0.15) is 0 Å². The highest BCUT2D eigenvalue weighted by Crippen LogP contribution is 2.31. The predicted octanol–water partition coefficient (Wildman–Crippen LogP) is 4.28. The molecule has 0 bridgehead atoms. The molecule has 7 heteroatoms. The molecule has 31 heavy (non-hydrogen) atoms. The fourth-order valence-electron chi connectivity index (χ4n) is 3.67. The zero-order chi connectivity index (χ0) is 22.0. The number of benzene rings is 3. The summed E-state index contributed by atoms with van der Waals surface area (Å²) in [6.07, 6.45) is 1.61. The molecule has 0 atom stereocenters. The van der Waals surface area contributed by atoms with Crippen LogP contribution in [0.2, 0.25) is 0 Å². The third-order valence-electron chi connectivity index (χ3n) is 5.30. The minimum Gasteiger partial charge on any atom is -0.322 e. The normalized spacial score (nSPS) is 13.4. The molecule has 158 valence electrons. The molecular formula is C24H22N2O4S. The number of sulfonamides is 1. The highest BCUT2D eigenvalue weighted by Gasteiger charge is 2.28. The van der Waals surface area contributed by atoms with E-state index in [9.17, 15) is 18.0 Å². The number of rotatable bonds is 5. The van der Waals surface area contributed by atoms with E-state index in [4.69, 9.17) is 0 Å². The lowest BCUT2D eigenvalue weighted by Gasteiger charge is -2.30. The summed E-state index contributed by atoms with van der Waals surface area (Å²) >= 11 is 0. The molecule has 1 aliphatic heterocycles. The SMILES string of the molecule is CC(=O)c1cccc(NC(=O)c2ccc(S(=O)(=O)N3CCCc4ccccc43)cc2)c1. The fourth-order valence-corrected chi connectivity index (χ4v) is 5.21. The maximum atomic E-state index is 13.2. The highest BCUT2D eigenvalue weighted by molar-refractivity contribution is 7.92. The smallest absolute Gasteiger partial charge is 0.264 e. The molecule has 0 radical (unpaired) electrons.